The number of halogens is 6. The van der Waals surface area contributed by atoms with Crippen molar-refractivity contribution in [1.82, 2.24) is 4.98 Å². The molecule has 0 radical (unpaired) electrons. The Morgan fingerprint density at radius 3 is 2.39 bits per heavy atom. The number of hydrogen-bond donors (Lipinski definition) is 0. The van der Waals surface area contributed by atoms with Gasteiger partial charge >= 0.3 is 12.1 Å². The minimum atomic E-state index is -4.91. The smallest absolute Gasteiger partial charge is 0.433 e. The first-order valence-corrected chi connectivity index (χ1v) is 4.70. The fraction of sp³-hybridized carbons (Fsp3) is 0.333. The fourth-order valence-corrected chi connectivity index (χ4v) is 1.43. The van der Waals surface area contributed by atoms with Gasteiger partial charge in [0, 0.05) is 0 Å². The van der Waals surface area contributed by atoms with Crippen molar-refractivity contribution in [3.05, 3.63) is 28.0 Å². The molecule has 0 aromatic carbocycles. The van der Waals surface area contributed by atoms with Gasteiger partial charge in [0.05, 0.1) is 18.2 Å². The monoisotopic (exact) mass is 289 g/mol. The molecule has 100 valence electrons. The number of methoxy groups -OCH3 is 1. The zero-order valence-corrected chi connectivity index (χ0v) is 9.44. The van der Waals surface area contributed by atoms with E-state index in [0.29, 0.717) is 0 Å². The highest BCUT2D eigenvalue weighted by Gasteiger charge is 2.36. The standard InChI is InChI=1S/C9H5ClF5NO2/c1-18-8(17)3-2-4(9(13,14)15)16-6(10)5(3)7(11)12/h2,7H,1H3. The van der Waals surface area contributed by atoms with Crippen molar-refractivity contribution < 1.29 is 31.5 Å². The third-order valence-electron chi connectivity index (χ3n) is 1.93. The van der Waals surface area contributed by atoms with Gasteiger partial charge in [-0.05, 0) is 6.07 Å². The Morgan fingerprint density at radius 2 is 2.00 bits per heavy atom. The third kappa shape index (κ3) is 2.87. The Kier molecular flexibility index (Phi) is 4.10. The SMILES string of the molecule is COC(=O)c1cc(C(F)(F)F)nc(Cl)c1C(F)F. The molecule has 0 aliphatic rings. The van der Waals surface area contributed by atoms with Gasteiger partial charge in [-0.15, -0.1) is 0 Å². The third-order valence-corrected chi connectivity index (χ3v) is 2.21. The molecule has 0 aliphatic carbocycles. The lowest BCUT2D eigenvalue weighted by atomic mass is 10.1. The van der Waals surface area contributed by atoms with Crippen LogP contribution in [0.2, 0.25) is 5.15 Å². The largest absolute Gasteiger partial charge is 0.465 e. The maximum atomic E-state index is 12.6. The molecule has 1 aromatic rings. The van der Waals surface area contributed by atoms with E-state index in [1.165, 1.54) is 0 Å². The molecule has 9 heteroatoms. The van der Waals surface area contributed by atoms with Crippen LogP contribution in [0, 0.1) is 0 Å². The lowest BCUT2D eigenvalue weighted by Gasteiger charge is -2.12. The van der Waals surface area contributed by atoms with Crippen LogP contribution in [-0.4, -0.2) is 18.1 Å². The van der Waals surface area contributed by atoms with Crippen molar-refractivity contribution >= 4 is 17.6 Å². The van der Waals surface area contributed by atoms with Gasteiger partial charge in [0.2, 0.25) is 0 Å². The molecule has 0 unspecified atom stereocenters. The fourth-order valence-electron chi connectivity index (χ4n) is 1.16. The molecule has 1 aromatic heterocycles. The second-order valence-corrected chi connectivity index (χ2v) is 3.41. The zero-order chi connectivity index (χ0) is 14.1. The molecule has 1 heterocycles. The Hall–Kier alpha value is -1.44. The average molecular weight is 290 g/mol. The van der Waals surface area contributed by atoms with Gasteiger partial charge in [-0.25, -0.2) is 18.6 Å². The molecular weight excluding hydrogens is 285 g/mol. The number of carbonyl (C=O) groups is 1. The molecule has 0 spiro atoms. The van der Waals surface area contributed by atoms with Gasteiger partial charge < -0.3 is 4.74 Å². The maximum absolute atomic E-state index is 12.6. The number of esters is 1. The molecule has 0 amide bonds. The summed E-state index contributed by atoms with van der Waals surface area (Å²) in [6.07, 6.45) is -8.16. The van der Waals surface area contributed by atoms with Crippen LogP contribution in [0.15, 0.2) is 6.07 Å². The predicted molar refractivity (Wildman–Crippen MR) is 50.5 cm³/mol. The minimum absolute atomic E-state index is 0.180. The van der Waals surface area contributed by atoms with Crippen LogP contribution in [0.5, 0.6) is 0 Å². The summed E-state index contributed by atoms with van der Waals surface area (Å²) in [4.78, 5) is 14.0. The highest BCUT2D eigenvalue weighted by molar-refractivity contribution is 6.30. The first-order chi connectivity index (χ1) is 8.18. The van der Waals surface area contributed by atoms with E-state index in [1.807, 2.05) is 0 Å². The first kappa shape index (κ1) is 14.6. The predicted octanol–water partition coefficient (Wildman–Crippen LogP) is 3.48. The molecule has 0 atom stereocenters. The van der Waals surface area contributed by atoms with Crippen LogP contribution >= 0.6 is 11.6 Å². The summed E-state index contributed by atoms with van der Waals surface area (Å²) in [5.41, 5.74) is -3.59. The molecular formula is C9H5ClF5NO2. The van der Waals surface area contributed by atoms with Crippen LogP contribution < -0.4 is 0 Å². The van der Waals surface area contributed by atoms with E-state index in [9.17, 15) is 26.7 Å². The van der Waals surface area contributed by atoms with Crippen molar-refractivity contribution in [2.24, 2.45) is 0 Å². The number of pyridine rings is 1. The summed E-state index contributed by atoms with van der Waals surface area (Å²) in [6, 6.07) is 0.180. The Balaban J connectivity index is 3.52. The summed E-state index contributed by atoms with van der Waals surface area (Å²) in [6.45, 7) is 0. The van der Waals surface area contributed by atoms with Crippen LogP contribution in [0.1, 0.15) is 28.0 Å². The average Bonchev–Trinajstić information content (AvgIpc) is 2.25. The van der Waals surface area contributed by atoms with Gasteiger partial charge in [-0.3, -0.25) is 0 Å². The number of alkyl halides is 5. The molecule has 0 saturated carbocycles. The second-order valence-electron chi connectivity index (χ2n) is 3.05. The molecule has 0 N–H and O–H groups in total. The van der Waals surface area contributed by atoms with E-state index in [0.717, 1.165) is 7.11 Å². The molecule has 0 aliphatic heterocycles. The Labute approximate surface area is 103 Å². The molecule has 3 nitrogen and oxygen atoms in total. The van der Waals surface area contributed by atoms with Crippen molar-refractivity contribution in [3.8, 4) is 0 Å². The molecule has 18 heavy (non-hydrogen) atoms. The van der Waals surface area contributed by atoms with E-state index in [2.05, 4.69) is 9.72 Å². The topological polar surface area (TPSA) is 39.2 Å². The van der Waals surface area contributed by atoms with E-state index in [-0.39, 0.29) is 6.07 Å². The highest BCUT2D eigenvalue weighted by atomic mass is 35.5. The van der Waals surface area contributed by atoms with E-state index < -0.39 is 40.5 Å². The summed E-state index contributed by atoms with van der Waals surface area (Å²) in [7, 11) is 0.846. The van der Waals surface area contributed by atoms with Crippen molar-refractivity contribution in [3.63, 3.8) is 0 Å². The Bertz CT molecular complexity index is 475. The quantitative estimate of drug-likeness (QED) is 0.475. The minimum Gasteiger partial charge on any atom is -0.465 e. The molecule has 0 fully saturated rings. The van der Waals surface area contributed by atoms with Gasteiger partial charge in [0.15, 0.2) is 0 Å². The number of nitrogens with zero attached hydrogens (tertiary/aromatic N) is 1. The van der Waals surface area contributed by atoms with E-state index in [4.69, 9.17) is 11.6 Å². The first-order valence-electron chi connectivity index (χ1n) is 4.32. The van der Waals surface area contributed by atoms with Gasteiger partial charge in [0.25, 0.3) is 6.43 Å². The van der Waals surface area contributed by atoms with Crippen LogP contribution in [0.4, 0.5) is 22.0 Å². The van der Waals surface area contributed by atoms with Crippen molar-refractivity contribution in [2.45, 2.75) is 12.6 Å². The zero-order valence-electron chi connectivity index (χ0n) is 8.69. The van der Waals surface area contributed by atoms with Gasteiger partial charge in [-0.1, -0.05) is 11.6 Å². The molecule has 0 bridgehead atoms. The molecule has 1 rings (SSSR count). The number of rotatable bonds is 2. The number of aromatic nitrogens is 1. The van der Waals surface area contributed by atoms with Crippen molar-refractivity contribution in [2.75, 3.05) is 7.11 Å². The van der Waals surface area contributed by atoms with Gasteiger partial charge in [-0.2, -0.15) is 13.2 Å². The normalized spacial score (nSPS) is 11.8. The number of ether oxygens (including phenoxy) is 1. The second kappa shape index (κ2) is 5.05. The summed E-state index contributed by atoms with van der Waals surface area (Å²) < 4.78 is 66.5. The van der Waals surface area contributed by atoms with Gasteiger partial charge in [0.1, 0.15) is 10.8 Å². The van der Waals surface area contributed by atoms with E-state index >= 15 is 0 Å². The summed E-state index contributed by atoms with van der Waals surface area (Å²) in [5.74, 6) is -1.35. The van der Waals surface area contributed by atoms with Crippen LogP contribution in [0.25, 0.3) is 0 Å². The lowest BCUT2D eigenvalue weighted by molar-refractivity contribution is -0.141. The number of carbonyl (C=O) groups excluding carboxylic acids is 1. The maximum Gasteiger partial charge on any atom is 0.433 e. The van der Waals surface area contributed by atoms with E-state index in [1.54, 1.807) is 0 Å². The highest BCUT2D eigenvalue weighted by Crippen LogP contribution is 2.35. The number of hydrogen-bond acceptors (Lipinski definition) is 3. The Morgan fingerprint density at radius 1 is 1.44 bits per heavy atom. The van der Waals surface area contributed by atoms with Crippen LogP contribution in [-0.2, 0) is 10.9 Å². The van der Waals surface area contributed by atoms with Crippen molar-refractivity contribution in [1.29, 1.82) is 0 Å². The summed E-state index contributed by atoms with van der Waals surface area (Å²) >= 11 is 5.24. The molecule has 0 saturated heterocycles. The lowest BCUT2D eigenvalue weighted by Crippen LogP contribution is -2.14. The van der Waals surface area contributed by atoms with Crippen LogP contribution in [0.3, 0.4) is 0 Å². The summed E-state index contributed by atoms with van der Waals surface area (Å²) in [5, 5.41) is -1.08.